The van der Waals surface area contributed by atoms with E-state index < -0.39 is 5.97 Å². The smallest absolute Gasteiger partial charge is 0.344 e. The van der Waals surface area contributed by atoms with Gasteiger partial charge in [-0.2, -0.15) is 0 Å². The minimum Gasteiger partial charge on any atom is -0.507 e. The zero-order valence-corrected chi connectivity index (χ0v) is 10.4. The van der Waals surface area contributed by atoms with Gasteiger partial charge in [0.1, 0.15) is 11.3 Å². The molecule has 0 aliphatic heterocycles. The highest BCUT2D eigenvalue weighted by molar-refractivity contribution is 6.15. The van der Waals surface area contributed by atoms with Gasteiger partial charge < -0.3 is 14.8 Å². The Hall–Kier alpha value is -2.49. The molecule has 19 heavy (non-hydrogen) atoms. The summed E-state index contributed by atoms with van der Waals surface area (Å²) in [6.07, 6.45) is 0. The molecule has 96 valence electrons. The third-order valence-electron chi connectivity index (χ3n) is 3.14. The molecule has 0 atom stereocenters. The molecule has 0 saturated carbocycles. The van der Waals surface area contributed by atoms with Crippen molar-refractivity contribution in [2.75, 3.05) is 6.61 Å². The lowest BCUT2D eigenvalue weighted by molar-refractivity contribution is 0.0525. The number of H-pyrrole nitrogens is 1. The molecule has 0 aliphatic carbocycles. The maximum absolute atomic E-state index is 12.0. The van der Waals surface area contributed by atoms with Crippen molar-refractivity contribution in [3.63, 3.8) is 0 Å². The Labute approximate surface area is 109 Å². The van der Waals surface area contributed by atoms with E-state index in [-0.39, 0.29) is 17.9 Å². The summed E-state index contributed by atoms with van der Waals surface area (Å²) in [5, 5.41) is 11.8. The molecule has 1 aromatic heterocycles. The van der Waals surface area contributed by atoms with Gasteiger partial charge in [-0.25, -0.2) is 4.79 Å². The third kappa shape index (κ3) is 1.73. The zero-order chi connectivity index (χ0) is 13.4. The Balaban J connectivity index is 2.36. The molecule has 0 radical (unpaired) electrons. The second kappa shape index (κ2) is 4.31. The van der Waals surface area contributed by atoms with Crippen LogP contribution in [0.1, 0.15) is 17.3 Å². The van der Waals surface area contributed by atoms with E-state index in [2.05, 4.69) is 4.98 Å². The van der Waals surface area contributed by atoms with E-state index >= 15 is 0 Å². The quantitative estimate of drug-likeness (QED) is 0.691. The summed E-state index contributed by atoms with van der Waals surface area (Å²) in [6, 6.07) is 11.1. The second-order valence-electron chi connectivity index (χ2n) is 4.27. The molecular formula is C15H13NO3. The van der Waals surface area contributed by atoms with Crippen molar-refractivity contribution in [1.29, 1.82) is 0 Å². The number of phenolic OH excluding ortho intramolecular Hbond substituents is 1. The standard InChI is InChI=1S/C15H13NO3/c1-2-19-15(18)13-12(17)8-7-10-9-5-3-4-6-11(9)16-14(10)13/h3-8,16-17H,2H2,1H3. The van der Waals surface area contributed by atoms with Gasteiger partial charge >= 0.3 is 5.97 Å². The maximum Gasteiger partial charge on any atom is 0.344 e. The Morgan fingerprint density at radius 1 is 1.21 bits per heavy atom. The number of aromatic amines is 1. The van der Waals surface area contributed by atoms with Gasteiger partial charge in [-0.1, -0.05) is 18.2 Å². The van der Waals surface area contributed by atoms with Crippen LogP contribution in [0.25, 0.3) is 21.8 Å². The lowest BCUT2D eigenvalue weighted by atomic mass is 10.1. The fourth-order valence-corrected chi connectivity index (χ4v) is 2.32. The van der Waals surface area contributed by atoms with Crippen LogP contribution in [0, 0.1) is 0 Å². The number of para-hydroxylation sites is 1. The number of hydrogen-bond donors (Lipinski definition) is 2. The average molecular weight is 255 g/mol. The highest BCUT2D eigenvalue weighted by Gasteiger charge is 2.19. The number of nitrogens with one attached hydrogen (secondary N) is 1. The largest absolute Gasteiger partial charge is 0.507 e. The molecule has 0 unspecified atom stereocenters. The first-order chi connectivity index (χ1) is 9.22. The number of hydrogen-bond acceptors (Lipinski definition) is 3. The minimum atomic E-state index is -0.517. The maximum atomic E-state index is 12.0. The van der Waals surface area contributed by atoms with Crippen molar-refractivity contribution in [3.05, 3.63) is 42.0 Å². The first-order valence-electron chi connectivity index (χ1n) is 6.12. The Bertz CT molecular complexity index is 774. The van der Waals surface area contributed by atoms with Crippen LogP contribution < -0.4 is 0 Å². The van der Waals surface area contributed by atoms with Crippen LogP contribution in [0.15, 0.2) is 36.4 Å². The molecule has 1 heterocycles. The summed E-state index contributed by atoms with van der Waals surface area (Å²) in [5.74, 6) is -0.588. The lowest BCUT2D eigenvalue weighted by Crippen LogP contribution is -2.05. The Morgan fingerprint density at radius 2 is 2.00 bits per heavy atom. The average Bonchev–Trinajstić information content (AvgIpc) is 2.76. The highest BCUT2D eigenvalue weighted by Crippen LogP contribution is 2.32. The number of phenols is 1. The van der Waals surface area contributed by atoms with Crippen molar-refractivity contribution >= 4 is 27.8 Å². The molecule has 3 aromatic rings. The first-order valence-corrected chi connectivity index (χ1v) is 6.12. The van der Waals surface area contributed by atoms with Gasteiger partial charge in [0, 0.05) is 16.3 Å². The lowest BCUT2D eigenvalue weighted by Gasteiger charge is -2.05. The molecule has 0 saturated heterocycles. The van der Waals surface area contributed by atoms with E-state index in [4.69, 9.17) is 4.74 Å². The molecule has 0 amide bonds. The van der Waals surface area contributed by atoms with Crippen LogP contribution in [0.5, 0.6) is 5.75 Å². The van der Waals surface area contributed by atoms with Crippen molar-refractivity contribution < 1.29 is 14.6 Å². The van der Waals surface area contributed by atoms with Gasteiger partial charge in [0.05, 0.1) is 12.1 Å². The van der Waals surface area contributed by atoms with Gasteiger partial charge in [-0.05, 0) is 25.1 Å². The zero-order valence-electron chi connectivity index (χ0n) is 10.4. The molecular weight excluding hydrogens is 242 g/mol. The van der Waals surface area contributed by atoms with Crippen molar-refractivity contribution in [2.24, 2.45) is 0 Å². The van der Waals surface area contributed by atoms with Crippen LogP contribution in [0.2, 0.25) is 0 Å². The molecule has 3 rings (SSSR count). The van der Waals surface area contributed by atoms with E-state index in [0.29, 0.717) is 5.52 Å². The first kappa shape index (κ1) is 11.6. The highest BCUT2D eigenvalue weighted by atomic mass is 16.5. The minimum absolute atomic E-state index is 0.0718. The van der Waals surface area contributed by atoms with Gasteiger partial charge in [0.15, 0.2) is 0 Å². The number of esters is 1. The summed E-state index contributed by atoms with van der Waals surface area (Å²) in [6.45, 7) is 2.01. The van der Waals surface area contributed by atoms with Crippen molar-refractivity contribution in [2.45, 2.75) is 6.92 Å². The van der Waals surface area contributed by atoms with Crippen LogP contribution >= 0.6 is 0 Å². The van der Waals surface area contributed by atoms with Gasteiger partial charge in [0.2, 0.25) is 0 Å². The second-order valence-corrected chi connectivity index (χ2v) is 4.27. The summed E-state index contributed by atoms with van der Waals surface area (Å²) in [4.78, 5) is 15.1. The number of carbonyl (C=O) groups is 1. The van der Waals surface area contributed by atoms with Crippen LogP contribution in [0.3, 0.4) is 0 Å². The van der Waals surface area contributed by atoms with Gasteiger partial charge in [-0.15, -0.1) is 0 Å². The molecule has 0 bridgehead atoms. The summed E-state index contributed by atoms with van der Waals surface area (Å²) in [7, 11) is 0. The van der Waals surface area contributed by atoms with Gasteiger partial charge in [0.25, 0.3) is 0 Å². The van der Waals surface area contributed by atoms with E-state index in [9.17, 15) is 9.90 Å². The number of aromatic nitrogens is 1. The molecule has 2 N–H and O–H groups in total. The molecule has 0 spiro atoms. The van der Waals surface area contributed by atoms with E-state index in [1.54, 1.807) is 13.0 Å². The fourth-order valence-electron chi connectivity index (χ4n) is 2.32. The molecule has 0 fully saturated rings. The normalized spacial score (nSPS) is 11.0. The van der Waals surface area contributed by atoms with Crippen LogP contribution in [-0.4, -0.2) is 22.7 Å². The summed E-state index contributed by atoms with van der Waals surface area (Å²) >= 11 is 0. The number of benzene rings is 2. The van der Waals surface area contributed by atoms with Gasteiger partial charge in [-0.3, -0.25) is 0 Å². The SMILES string of the molecule is CCOC(=O)c1c(O)ccc2c1[nH]c1ccccc12. The summed E-state index contributed by atoms with van der Waals surface area (Å²) < 4.78 is 4.99. The molecule has 4 nitrogen and oxygen atoms in total. The van der Waals surface area contributed by atoms with E-state index in [1.807, 2.05) is 24.3 Å². The van der Waals surface area contributed by atoms with Crippen molar-refractivity contribution in [1.82, 2.24) is 4.98 Å². The Kier molecular flexibility index (Phi) is 2.63. The summed E-state index contributed by atoms with van der Waals surface area (Å²) in [5.41, 5.74) is 1.73. The number of carbonyl (C=O) groups excluding carboxylic acids is 1. The van der Waals surface area contributed by atoms with Crippen LogP contribution in [0.4, 0.5) is 0 Å². The number of rotatable bonds is 2. The molecule has 2 aromatic carbocycles. The monoisotopic (exact) mass is 255 g/mol. The fraction of sp³-hybridized carbons (Fsp3) is 0.133. The predicted octanol–water partition coefficient (Wildman–Crippen LogP) is 3.20. The Morgan fingerprint density at radius 3 is 2.79 bits per heavy atom. The van der Waals surface area contributed by atoms with Crippen molar-refractivity contribution in [3.8, 4) is 5.75 Å². The topological polar surface area (TPSA) is 62.3 Å². The number of fused-ring (bicyclic) bond motifs is 3. The third-order valence-corrected chi connectivity index (χ3v) is 3.14. The number of ether oxygens (including phenoxy) is 1. The number of aromatic hydroxyl groups is 1. The van der Waals surface area contributed by atoms with E-state index in [0.717, 1.165) is 16.3 Å². The molecule has 4 heteroatoms. The predicted molar refractivity (Wildman–Crippen MR) is 73.4 cm³/mol. The molecule has 0 aliphatic rings. The van der Waals surface area contributed by atoms with Crippen LogP contribution in [-0.2, 0) is 4.74 Å². The van der Waals surface area contributed by atoms with E-state index in [1.165, 1.54) is 6.07 Å².